The van der Waals surface area contributed by atoms with Gasteiger partial charge in [0.15, 0.2) is 5.82 Å². The van der Waals surface area contributed by atoms with Gasteiger partial charge in [0.2, 0.25) is 5.89 Å². The second kappa shape index (κ2) is 7.72. The lowest BCUT2D eigenvalue weighted by molar-refractivity contribution is 0.0710. The molecule has 0 bridgehead atoms. The highest BCUT2D eigenvalue weighted by Crippen LogP contribution is 2.34. The highest BCUT2D eigenvalue weighted by atomic mass is 35.5. The average molecular weight is 383 g/mol. The minimum absolute atomic E-state index is 0.168. The van der Waals surface area contributed by atoms with Crippen LogP contribution in [0.5, 0.6) is 0 Å². The fourth-order valence-electron chi connectivity index (χ4n) is 2.94. The zero-order valence-corrected chi connectivity index (χ0v) is 15.6. The molecule has 0 radical (unpaired) electrons. The fraction of sp³-hybridized carbons (Fsp3) is 0.471. The van der Waals surface area contributed by atoms with E-state index in [1.165, 1.54) is 0 Å². The number of nitrogens with one attached hydrogen (secondary N) is 1. The van der Waals surface area contributed by atoms with Crippen molar-refractivity contribution in [3.05, 3.63) is 45.5 Å². The van der Waals surface area contributed by atoms with E-state index in [0.717, 1.165) is 12.8 Å². The van der Waals surface area contributed by atoms with E-state index >= 15 is 0 Å². The Kier molecular flexibility index (Phi) is 5.61. The second-order valence-corrected chi connectivity index (χ2v) is 7.07. The number of hydrogen-bond donors (Lipinski definition) is 1. The molecule has 2 aromatic rings. The number of halogens is 2. The zero-order chi connectivity index (χ0) is 18.0. The standard InChI is InChI=1S/C17H20Cl2N4O2/c1-10(20-2)8-15-21-16(25-22-15)14-4-3-7-23(14)17(24)12-9-11(18)5-6-13(12)19/h5-6,9-10,14,20H,3-4,7-8H2,1-2H3. The molecule has 6 nitrogen and oxygen atoms in total. The normalized spacial score (nSPS) is 18.6. The van der Waals surface area contributed by atoms with Crippen LogP contribution in [0.25, 0.3) is 0 Å². The first-order valence-corrected chi connectivity index (χ1v) is 9.01. The molecule has 134 valence electrons. The maximum absolute atomic E-state index is 12.9. The average Bonchev–Trinajstić information content (AvgIpc) is 3.25. The van der Waals surface area contributed by atoms with E-state index in [0.29, 0.717) is 40.3 Å². The van der Waals surface area contributed by atoms with Gasteiger partial charge in [0.25, 0.3) is 5.91 Å². The van der Waals surface area contributed by atoms with Crippen LogP contribution in [-0.4, -0.2) is 40.6 Å². The molecule has 0 saturated carbocycles. The second-order valence-electron chi connectivity index (χ2n) is 6.22. The number of carbonyl (C=O) groups excluding carboxylic acids is 1. The van der Waals surface area contributed by atoms with Gasteiger partial charge in [-0.25, -0.2) is 0 Å². The van der Waals surface area contributed by atoms with Gasteiger partial charge in [-0.1, -0.05) is 28.4 Å². The van der Waals surface area contributed by atoms with Gasteiger partial charge in [0.1, 0.15) is 6.04 Å². The molecule has 1 aromatic heterocycles. The molecule has 1 saturated heterocycles. The predicted octanol–water partition coefficient (Wildman–Crippen LogP) is 3.50. The maximum Gasteiger partial charge on any atom is 0.256 e. The SMILES string of the molecule is CNC(C)Cc1noc(C2CCCN2C(=O)c2cc(Cl)ccc2Cl)n1. The number of benzene rings is 1. The summed E-state index contributed by atoms with van der Waals surface area (Å²) in [5.41, 5.74) is 0.393. The lowest BCUT2D eigenvalue weighted by Crippen LogP contribution is -2.31. The summed E-state index contributed by atoms with van der Waals surface area (Å²) in [5, 5.41) is 8.03. The van der Waals surface area contributed by atoms with Gasteiger partial charge in [0, 0.05) is 24.0 Å². The smallest absolute Gasteiger partial charge is 0.256 e. The van der Waals surface area contributed by atoms with Gasteiger partial charge >= 0.3 is 0 Å². The molecule has 2 atom stereocenters. The molecule has 1 amide bonds. The Balaban J connectivity index is 1.81. The molecule has 0 aliphatic carbocycles. The summed E-state index contributed by atoms with van der Waals surface area (Å²) < 4.78 is 5.42. The highest BCUT2D eigenvalue weighted by molar-refractivity contribution is 6.35. The zero-order valence-electron chi connectivity index (χ0n) is 14.1. The fourth-order valence-corrected chi connectivity index (χ4v) is 3.31. The molecular formula is C17H20Cl2N4O2. The lowest BCUT2D eigenvalue weighted by atomic mass is 10.1. The molecule has 0 spiro atoms. The van der Waals surface area contributed by atoms with E-state index in [-0.39, 0.29) is 18.0 Å². The van der Waals surface area contributed by atoms with Gasteiger partial charge in [-0.2, -0.15) is 4.98 Å². The minimum atomic E-state index is -0.228. The summed E-state index contributed by atoms with van der Waals surface area (Å²) in [7, 11) is 1.89. The van der Waals surface area contributed by atoms with E-state index < -0.39 is 0 Å². The lowest BCUT2D eigenvalue weighted by Gasteiger charge is -2.22. The van der Waals surface area contributed by atoms with Crippen molar-refractivity contribution in [3.63, 3.8) is 0 Å². The number of likely N-dealkylation sites (tertiary alicyclic amines) is 1. The Morgan fingerprint density at radius 2 is 2.28 bits per heavy atom. The van der Waals surface area contributed by atoms with Crippen LogP contribution >= 0.6 is 23.2 Å². The van der Waals surface area contributed by atoms with Crippen LogP contribution in [-0.2, 0) is 6.42 Å². The Labute approximate surface area is 156 Å². The van der Waals surface area contributed by atoms with Crippen LogP contribution in [0.3, 0.4) is 0 Å². The summed E-state index contributed by atoms with van der Waals surface area (Å²) in [6.07, 6.45) is 2.33. The van der Waals surface area contributed by atoms with Crippen molar-refractivity contribution < 1.29 is 9.32 Å². The van der Waals surface area contributed by atoms with Crippen LogP contribution in [0.15, 0.2) is 22.7 Å². The van der Waals surface area contributed by atoms with Crippen molar-refractivity contribution in [1.82, 2.24) is 20.4 Å². The first-order chi connectivity index (χ1) is 12.0. The van der Waals surface area contributed by atoms with Crippen molar-refractivity contribution in [1.29, 1.82) is 0 Å². The summed E-state index contributed by atoms with van der Waals surface area (Å²) in [5.74, 6) is 0.942. The number of aromatic nitrogens is 2. The number of amides is 1. The molecule has 3 rings (SSSR count). The molecule has 8 heteroatoms. The van der Waals surface area contributed by atoms with E-state index in [1.54, 1.807) is 23.1 Å². The van der Waals surface area contributed by atoms with Crippen LogP contribution in [0.4, 0.5) is 0 Å². The Morgan fingerprint density at radius 3 is 3.04 bits per heavy atom. The molecule has 1 N–H and O–H groups in total. The molecule has 2 unspecified atom stereocenters. The summed E-state index contributed by atoms with van der Waals surface area (Å²) in [4.78, 5) is 19.1. The van der Waals surface area contributed by atoms with E-state index in [9.17, 15) is 4.79 Å². The Hall–Kier alpha value is -1.63. The van der Waals surface area contributed by atoms with Gasteiger partial charge in [-0.3, -0.25) is 4.79 Å². The van der Waals surface area contributed by atoms with E-state index in [4.69, 9.17) is 27.7 Å². The molecule has 25 heavy (non-hydrogen) atoms. The Bertz CT molecular complexity index is 765. The first kappa shape index (κ1) is 18.2. The number of nitrogens with zero attached hydrogens (tertiary/aromatic N) is 3. The third-order valence-corrected chi connectivity index (χ3v) is 4.99. The first-order valence-electron chi connectivity index (χ1n) is 8.25. The van der Waals surface area contributed by atoms with Crippen LogP contribution in [0, 0.1) is 0 Å². The van der Waals surface area contributed by atoms with Crippen molar-refractivity contribution >= 4 is 29.1 Å². The number of rotatable bonds is 5. The van der Waals surface area contributed by atoms with Crippen LogP contribution in [0.2, 0.25) is 10.0 Å². The van der Waals surface area contributed by atoms with Crippen molar-refractivity contribution in [2.75, 3.05) is 13.6 Å². The number of hydrogen-bond acceptors (Lipinski definition) is 5. The van der Waals surface area contributed by atoms with E-state index in [1.807, 2.05) is 14.0 Å². The van der Waals surface area contributed by atoms with Crippen LogP contribution < -0.4 is 5.32 Å². The quantitative estimate of drug-likeness (QED) is 0.856. The maximum atomic E-state index is 12.9. The number of carbonyl (C=O) groups is 1. The Morgan fingerprint density at radius 1 is 1.48 bits per heavy atom. The third-order valence-electron chi connectivity index (χ3n) is 4.42. The topological polar surface area (TPSA) is 71.3 Å². The molecule has 1 fully saturated rings. The van der Waals surface area contributed by atoms with Gasteiger partial charge < -0.3 is 14.7 Å². The monoisotopic (exact) mass is 382 g/mol. The van der Waals surface area contributed by atoms with Crippen molar-refractivity contribution in [2.24, 2.45) is 0 Å². The molecule has 1 aromatic carbocycles. The van der Waals surface area contributed by atoms with E-state index in [2.05, 4.69) is 15.5 Å². The van der Waals surface area contributed by atoms with Crippen LogP contribution in [0.1, 0.15) is 47.9 Å². The minimum Gasteiger partial charge on any atom is -0.337 e. The highest BCUT2D eigenvalue weighted by Gasteiger charge is 2.35. The largest absolute Gasteiger partial charge is 0.337 e. The molecule has 1 aliphatic heterocycles. The predicted molar refractivity (Wildman–Crippen MR) is 96.0 cm³/mol. The van der Waals surface area contributed by atoms with Crippen molar-refractivity contribution in [2.45, 2.75) is 38.3 Å². The van der Waals surface area contributed by atoms with Gasteiger partial charge in [-0.05, 0) is 45.0 Å². The molecular weight excluding hydrogens is 363 g/mol. The summed E-state index contributed by atoms with van der Waals surface area (Å²) in [6, 6.07) is 4.91. The molecule has 2 heterocycles. The van der Waals surface area contributed by atoms with Crippen molar-refractivity contribution in [3.8, 4) is 0 Å². The molecule has 1 aliphatic rings. The summed E-state index contributed by atoms with van der Waals surface area (Å²) in [6.45, 7) is 2.67. The van der Waals surface area contributed by atoms with Gasteiger partial charge in [0.05, 0.1) is 10.6 Å². The van der Waals surface area contributed by atoms with Gasteiger partial charge in [-0.15, -0.1) is 0 Å². The number of likely N-dealkylation sites (N-methyl/N-ethyl adjacent to an activating group) is 1. The third kappa shape index (κ3) is 3.97. The summed E-state index contributed by atoms with van der Waals surface area (Å²) >= 11 is 12.2.